The van der Waals surface area contributed by atoms with Crippen molar-refractivity contribution in [3.05, 3.63) is 27.4 Å². The minimum absolute atomic E-state index is 0.442. The molecule has 8 heteroatoms. The van der Waals surface area contributed by atoms with Gasteiger partial charge >= 0.3 is 5.82 Å². The predicted octanol–water partition coefficient (Wildman–Crippen LogP) is 1.81. The van der Waals surface area contributed by atoms with Gasteiger partial charge in [-0.05, 0) is 9.91 Å². The number of nitrogens with zero attached hydrogens (tertiary/aromatic N) is 3. The van der Waals surface area contributed by atoms with E-state index < -0.39 is 34.2 Å². The smallest absolute Gasteiger partial charge is 0.365 e. The fourth-order valence-electron chi connectivity index (χ4n) is 1.08. The first-order valence-electron chi connectivity index (χ1n) is 3.92. The van der Waals surface area contributed by atoms with Crippen molar-refractivity contribution in [1.29, 1.82) is 5.26 Å². The molecule has 0 N–H and O–H groups in total. The van der Waals surface area contributed by atoms with E-state index in [-0.39, 0.29) is 0 Å². The number of methoxy groups -OCH3 is 1. The molecule has 0 atom stereocenters. The second-order valence-corrected chi connectivity index (χ2v) is 2.62. The number of aromatic nitrogens is 1. The lowest BCUT2D eigenvalue weighted by Crippen LogP contribution is -2.02. The molecule has 6 nitrogen and oxygen atoms in total. The van der Waals surface area contributed by atoms with Gasteiger partial charge < -0.3 is 14.9 Å². The molecule has 16 heavy (non-hydrogen) atoms. The van der Waals surface area contributed by atoms with Crippen LogP contribution in [-0.2, 0) is 0 Å². The number of rotatable bonds is 3. The monoisotopic (exact) mass is 229 g/mol. The zero-order valence-corrected chi connectivity index (χ0v) is 7.98. The fraction of sp³-hybridized carbons (Fsp3) is 0.250. The minimum atomic E-state index is -2.98. The van der Waals surface area contributed by atoms with Gasteiger partial charge in [0.1, 0.15) is 0 Å². The Morgan fingerprint density at radius 1 is 1.69 bits per heavy atom. The molecule has 0 fully saturated rings. The standard InChI is InChI=1S/C8H5F2N3O3/c1-16-7-4(8(9)10)2-6(13(14)15)12-5(7)3-11/h2,8H,1H3. The van der Waals surface area contributed by atoms with Gasteiger partial charge in [0.2, 0.25) is 0 Å². The molecule has 0 saturated carbocycles. The fourth-order valence-corrected chi connectivity index (χ4v) is 1.08. The largest absolute Gasteiger partial charge is 0.491 e. The van der Waals surface area contributed by atoms with Crippen LogP contribution in [0.25, 0.3) is 0 Å². The maximum absolute atomic E-state index is 12.5. The Hall–Kier alpha value is -2.30. The second kappa shape index (κ2) is 4.48. The number of alkyl halides is 2. The van der Waals surface area contributed by atoms with Crippen molar-refractivity contribution >= 4 is 5.82 Å². The lowest BCUT2D eigenvalue weighted by Gasteiger charge is -2.06. The topological polar surface area (TPSA) is 89.1 Å². The molecular weight excluding hydrogens is 224 g/mol. The molecule has 0 amide bonds. The van der Waals surface area contributed by atoms with Gasteiger partial charge in [-0.15, -0.1) is 0 Å². The van der Waals surface area contributed by atoms with Crippen molar-refractivity contribution < 1.29 is 18.4 Å². The third-order valence-electron chi connectivity index (χ3n) is 1.72. The summed E-state index contributed by atoms with van der Waals surface area (Å²) in [7, 11) is 1.08. The first kappa shape index (κ1) is 11.8. The lowest BCUT2D eigenvalue weighted by molar-refractivity contribution is -0.389. The third-order valence-corrected chi connectivity index (χ3v) is 1.72. The number of halogens is 2. The van der Waals surface area contributed by atoms with E-state index in [0.29, 0.717) is 6.07 Å². The highest BCUT2D eigenvalue weighted by Crippen LogP contribution is 2.33. The Kier molecular flexibility index (Phi) is 3.30. The molecule has 1 aromatic heterocycles. The summed E-state index contributed by atoms with van der Waals surface area (Å²) in [5, 5.41) is 19.0. The Balaban J connectivity index is 3.51. The van der Waals surface area contributed by atoms with Crippen LogP contribution in [-0.4, -0.2) is 17.0 Å². The minimum Gasteiger partial charge on any atom is -0.491 e. The summed E-state index contributed by atoms with van der Waals surface area (Å²) in [5.74, 6) is -1.25. The van der Waals surface area contributed by atoms with Crippen molar-refractivity contribution in [3.63, 3.8) is 0 Å². The summed E-state index contributed by atoms with van der Waals surface area (Å²) in [6.45, 7) is 0. The molecule has 0 spiro atoms. The summed E-state index contributed by atoms with van der Waals surface area (Å²) in [6, 6.07) is 2.05. The van der Waals surface area contributed by atoms with Crippen LogP contribution in [0, 0.1) is 21.4 Å². The lowest BCUT2D eigenvalue weighted by atomic mass is 10.2. The normalized spacial score (nSPS) is 9.94. The van der Waals surface area contributed by atoms with Gasteiger partial charge in [-0.3, -0.25) is 0 Å². The number of nitriles is 1. The molecule has 1 rings (SSSR count). The Bertz CT molecular complexity index is 470. The van der Waals surface area contributed by atoms with E-state index in [9.17, 15) is 18.9 Å². The van der Waals surface area contributed by atoms with E-state index >= 15 is 0 Å². The van der Waals surface area contributed by atoms with Gasteiger partial charge in [-0.25, -0.2) is 8.78 Å². The maximum Gasteiger partial charge on any atom is 0.365 e. The molecule has 0 aromatic carbocycles. The van der Waals surface area contributed by atoms with E-state index in [1.54, 1.807) is 0 Å². The molecule has 0 unspecified atom stereocenters. The SMILES string of the molecule is COc1c(C(F)F)cc([N+](=O)[O-])nc1C#N. The molecule has 0 bridgehead atoms. The molecule has 1 aromatic rings. The van der Waals surface area contributed by atoms with Crippen molar-refractivity contribution in [3.8, 4) is 11.8 Å². The number of hydrogen-bond acceptors (Lipinski definition) is 5. The second-order valence-electron chi connectivity index (χ2n) is 2.62. The highest BCUT2D eigenvalue weighted by atomic mass is 19.3. The maximum atomic E-state index is 12.5. The van der Waals surface area contributed by atoms with E-state index in [2.05, 4.69) is 9.72 Å². The van der Waals surface area contributed by atoms with Gasteiger partial charge in [0.25, 0.3) is 12.1 Å². The summed E-state index contributed by atoms with van der Waals surface area (Å²) < 4.78 is 29.6. The van der Waals surface area contributed by atoms with Gasteiger partial charge in [0.15, 0.2) is 11.8 Å². The molecule has 0 aliphatic heterocycles. The molecule has 84 valence electrons. The van der Waals surface area contributed by atoms with Gasteiger partial charge in [0, 0.05) is 6.07 Å². The zero-order chi connectivity index (χ0) is 12.3. The molecular formula is C8H5F2N3O3. The molecule has 1 heterocycles. The van der Waals surface area contributed by atoms with Crippen LogP contribution in [0.1, 0.15) is 17.7 Å². The predicted molar refractivity (Wildman–Crippen MR) is 47.1 cm³/mol. The van der Waals surface area contributed by atoms with Crippen LogP contribution in [0.15, 0.2) is 6.07 Å². The summed E-state index contributed by atoms with van der Waals surface area (Å²) >= 11 is 0. The number of pyridine rings is 1. The van der Waals surface area contributed by atoms with E-state index in [0.717, 1.165) is 7.11 Å². The van der Waals surface area contributed by atoms with E-state index in [4.69, 9.17) is 5.26 Å². The van der Waals surface area contributed by atoms with Crippen LogP contribution in [0.2, 0.25) is 0 Å². The molecule has 0 aliphatic rings. The Morgan fingerprint density at radius 3 is 2.69 bits per heavy atom. The highest BCUT2D eigenvalue weighted by Gasteiger charge is 2.26. The number of ether oxygens (including phenoxy) is 1. The van der Waals surface area contributed by atoms with E-state index in [1.807, 2.05) is 0 Å². The molecule has 0 aliphatic carbocycles. The Labute approximate surface area is 88.2 Å². The Morgan fingerprint density at radius 2 is 2.31 bits per heavy atom. The van der Waals surface area contributed by atoms with Crippen LogP contribution in [0.4, 0.5) is 14.6 Å². The average Bonchev–Trinajstić information content (AvgIpc) is 2.26. The van der Waals surface area contributed by atoms with Crippen LogP contribution < -0.4 is 4.74 Å². The van der Waals surface area contributed by atoms with Crippen molar-refractivity contribution in [1.82, 2.24) is 4.98 Å². The number of nitro groups is 1. The molecule has 0 radical (unpaired) electrons. The van der Waals surface area contributed by atoms with Crippen molar-refractivity contribution in [2.75, 3.05) is 7.11 Å². The van der Waals surface area contributed by atoms with Crippen molar-refractivity contribution in [2.24, 2.45) is 0 Å². The summed E-state index contributed by atoms with van der Waals surface area (Å²) in [4.78, 5) is 12.7. The summed E-state index contributed by atoms with van der Waals surface area (Å²) in [6.07, 6.45) is -2.98. The summed E-state index contributed by atoms with van der Waals surface area (Å²) in [5.41, 5.74) is -1.26. The van der Waals surface area contributed by atoms with Crippen LogP contribution in [0.3, 0.4) is 0 Å². The third kappa shape index (κ3) is 2.03. The van der Waals surface area contributed by atoms with E-state index in [1.165, 1.54) is 6.07 Å². The number of hydrogen-bond donors (Lipinski definition) is 0. The first-order chi connectivity index (χ1) is 7.51. The van der Waals surface area contributed by atoms with Crippen molar-refractivity contribution in [2.45, 2.75) is 6.43 Å². The highest BCUT2D eigenvalue weighted by molar-refractivity contribution is 5.48. The van der Waals surface area contributed by atoms with Crippen LogP contribution in [0.5, 0.6) is 5.75 Å². The average molecular weight is 229 g/mol. The van der Waals surface area contributed by atoms with Crippen LogP contribution >= 0.6 is 0 Å². The van der Waals surface area contributed by atoms with Gasteiger partial charge in [-0.1, -0.05) is 0 Å². The first-order valence-corrected chi connectivity index (χ1v) is 3.92. The molecule has 0 saturated heterocycles. The van der Waals surface area contributed by atoms with Gasteiger partial charge in [-0.2, -0.15) is 5.26 Å². The quantitative estimate of drug-likeness (QED) is 0.582. The zero-order valence-electron chi connectivity index (χ0n) is 7.98. The van der Waals surface area contributed by atoms with Gasteiger partial charge in [0.05, 0.1) is 12.7 Å².